The van der Waals surface area contributed by atoms with Gasteiger partial charge in [-0.25, -0.2) is 0 Å². The van der Waals surface area contributed by atoms with Crippen molar-refractivity contribution in [2.45, 2.75) is 32.0 Å². The molecule has 120 valence electrons. The minimum atomic E-state index is -1.28. The molecule has 6 nitrogen and oxygen atoms in total. The van der Waals surface area contributed by atoms with E-state index in [0.29, 0.717) is 25.2 Å². The molecule has 21 heavy (non-hydrogen) atoms. The number of likely N-dealkylation sites (tertiary alicyclic amines) is 1. The van der Waals surface area contributed by atoms with Crippen LogP contribution in [0.25, 0.3) is 0 Å². The fourth-order valence-electron chi connectivity index (χ4n) is 3.67. The third-order valence-corrected chi connectivity index (χ3v) is 4.85. The summed E-state index contributed by atoms with van der Waals surface area (Å²) in [5, 5.41) is 30.5. The summed E-state index contributed by atoms with van der Waals surface area (Å²) in [5.41, 5.74) is 0. The van der Waals surface area contributed by atoms with E-state index in [9.17, 15) is 9.90 Å². The topological polar surface area (TPSA) is 93.0 Å². The van der Waals surface area contributed by atoms with Gasteiger partial charge in [-0.05, 0) is 50.5 Å². The van der Waals surface area contributed by atoms with Crippen LogP contribution in [0.2, 0.25) is 6.32 Å². The molecule has 0 amide bonds. The van der Waals surface area contributed by atoms with Gasteiger partial charge in [0.2, 0.25) is 0 Å². The summed E-state index contributed by atoms with van der Waals surface area (Å²) in [6, 6.07) is 0. The van der Waals surface area contributed by atoms with Crippen LogP contribution in [0.15, 0.2) is 0 Å². The molecule has 2 heterocycles. The second kappa shape index (κ2) is 8.12. The second-order valence-electron chi connectivity index (χ2n) is 6.53. The van der Waals surface area contributed by atoms with Crippen LogP contribution < -0.4 is 5.32 Å². The highest BCUT2D eigenvalue weighted by Crippen LogP contribution is 2.29. The van der Waals surface area contributed by atoms with Crippen molar-refractivity contribution in [3.63, 3.8) is 0 Å². The first-order valence-electron chi connectivity index (χ1n) is 8.08. The van der Waals surface area contributed by atoms with Crippen molar-refractivity contribution in [1.82, 2.24) is 10.2 Å². The summed E-state index contributed by atoms with van der Waals surface area (Å²) < 4.78 is 0. The summed E-state index contributed by atoms with van der Waals surface area (Å²) >= 11 is 0. The predicted octanol–water partition coefficient (Wildman–Crippen LogP) is -0.128. The zero-order valence-corrected chi connectivity index (χ0v) is 12.6. The number of nitrogens with one attached hydrogen (secondary N) is 1. The van der Waals surface area contributed by atoms with Gasteiger partial charge in [-0.2, -0.15) is 0 Å². The first-order chi connectivity index (χ1) is 10.1. The van der Waals surface area contributed by atoms with Gasteiger partial charge in [0.05, 0.1) is 5.92 Å². The standard InChI is InChI=1S/C14H27BN2O4/c18-14(19)13-10-17(8-11-3-6-16-7-4-11)9-12(13)2-1-5-15(20)21/h11-13,16,20-21H,1-10H2,(H,18,19). The van der Waals surface area contributed by atoms with Crippen LogP contribution in [-0.4, -0.2) is 65.9 Å². The number of rotatable bonds is 7. The van der Waals surface area contributed by atoms with Crippen LogP contribution in [0, 0.1) is 17.8 Å². The molecule has 2 atom stereocenters. The van der Waals surface area contributed by atoms with Crippen molar-refractivity contribution < 1.29 is 19.9 Å². The Labute approximate surface area is 126 Å². The normalized spacial score (nSPS) is 27.9. The Morgan fingerprint density at radius 2 is 1.95 bits per heavy atom. The van der Waals surface area contributed by atoms with E-state index in [1.165, 1.54) is 12.8 Å². The highest BCUT2D eigenvalue weighted by Gasteiger charge is 2.37. The van der Waals surface area contributed by atoms with Crippen molar-refractivity contribution in [3.8, 4) is 0 Å². The maximum absolute atomic E-state index is 11.4. The van der Waals surface area contributed by atoms with Crippen molar-refractivity contribution in [3.05, 3.63) is 0 Å². The van der Waals surface area contributed by atoms with Gasteiger partial charge < -0.3 is 25.4 Å². The van der Waals surface area contributed by atoms with E-state index < -0.39 is 13.1 Å². The van der Waals surface area contributed by atoms with Crippen LogP contribution in [0.5, 0.6) is 0 Å². The molecule has 2 aliphatic rings. The molecule has 0 aromatic carbocycles. The minimum Gasteiger partial charge on any atom is -0.481 e. The van der Waals surface area contributed by atoms with Gasteiger partial charge in [0, 0.05) is 19.6 Å². The van der Waals surface area contributed by atoms with Crippen molar-refractivity contribution in [1.29, 1.82) is 0 Å². The number of carboxylic acid groups (broad SMARTS) is 1. The van der Waals surface area contributed by atoms with Gasteiger partial charge in [-0.15, -0.1) is 0 Å². The number of piperidine rings is 1. The van der Waals surface area contributed by atoms with Crippen LogP contribution in [0.3, 0.4) is 0 Å². The number of aliphatic carboxylic acids is 1. The Kier molecular flexibility index (Phi) is 6.48. The molecular weight excluding hydrogens is 271 g/mol. The zero-order valence-electron chi connectivity index (χ0n) is 12.6. The quantitative estimate of drug-likeness (QED) is 0.489. The molecule has 0 spiro atoms. The Morgan fingerprint density at radius 1 is 1.24 bits per heavy atom. The van der Waals surface area contributed by atoms with Gasteiger partial charge in [0.25, 0.3) is 0 Å². The number of hydrogen-bond donors (Lipinski definition) is 4. The fourth-order valence-corrected chi connectivity index (χ4v) is 3.67. The van der Waals surface area contributed by atoms with Crippen molar-refractivity contribution in [2.24, 2.45) is 17.8 Å². The van der Waals surface area contributed by atoms with Gasteiger partial charge in [0.1, 0.15) is 0 Å². The monoisotopic (exact) mass is 298 g/mol. The van der Waals surface area contributed by atoms with Crippen LogP contribution in [-0.2, 0) is 4.79 Å². The SMILES string of the molecule is O=C(O)C1CN(CC2CCNCC2)CC1CCCB(O)O. The summed E-state index contributed by atoms with van der Waals surface area (Å²) in [6.07, 6.45) is 4.12. The minimum absolute atomic E-state index is 0.142. The lowest BCUT2D eigenvalue weighted by molar-refractivity contribution is -0.142. The lowest BCUT2D eigenvalue weighted by Gasteiger charge is -2.27. The zero-order chi connectivity index (χ0) is 15.2. The molecule has 2 unspecified atom stereocenters. The molecule has 7 heteroatoms. The lowest BCUT2D eigenvalue weighted by Crippen LogP contribution is -2.35. The molecule has 0 aromatic rings. The third-order valence-electron chi connectivity index (χ3n) is 4.85. The van der Waals surface area contributed by atoms with Crippen molar-refractivity contribution in [2.75, 3.05) is 32.7 Å². The van der Waals surface area contributed by atoms with Crippen LogP contribution in [0.1, 0.15) is 25.7 Å². The van der Waals surface area contributed by atoms with Gasteiger partial charge >= 0.3 is 13.1 Å². The molecule has 4 N–H and O–H groups in total. The molecule has 0 radical (unpaired) electrons. The van der Waals surface area contributed by atoms with E-state index >= 15 is 0 Å². The van der Waals surface area contributed by atoms with Crippen LogP contribution >= 0.6 is 0 Å². The molecule has 2 saturated heterocycles. The smallest absolute Gasteiger partial charge is 0.451 e. The number of carboxylic acids is 1. The van der Waals surface area contributed by atoms with E-state index in [1.807, 2.05) is 0 Å². The average molecular weight is 298 g/mol. The van der Waals surface area contributed by atoms with E-state index in [2.05, 4.69) is 10.2 Å². The second-order valence-corrected chi connectivity index (χ2v) is 6.53. The molecule has 0 saturated carbocycles. The van der Waals surface area contributed by atoms with Gasteiger partial charge in [-0.1, -0.05) is 6.42 Å². The highest BCUT2D eigenvalue weighted by atomic mass is 16.4. The molecule has 2 fully saturated rings. The summed E-state index contributed by atoms with van der Waals surface area (Å²) in [7, 11) is -1.28. The Balaban J connectivity index is 1.80. The fraction of sp³-hybridized carbons (Fsp3) is 0.929. The maximum Gasteiger partial charge on any atom is 0.451 e. The van der Waals surface area contributed by atoms with Gasteiger partial charge in [0.15, 0.2) is 0 Å². The molecule has 0 aliphatic carbocycles. The largest absolute Gasteiger partial charge is 0.481 e. The number of hydrogen-bond acceptors (Lipinski definition) is 5. The van der Waals surface area contributed by atoms with Crippen LogP contribution in [0.4, 0.5) is 0 Å². The first kappa shape index (κ1) is 16.7. The highest BCUT2D eigenvalue weighted by molar-refractivity contribution is 6.40. The Morgan fingerprint density at radius 3 is 2.57 bits per heavy atom. The maximum atomic E-state index is 11.4. The first-order valence-corrected chi connectivity index (χ1v) is 8.08. The number of carbonyl (C=O) groups is 1. The predicted molar refractivity (Wildman–Crippen MR) is 80.9 cm³/mol. The molecular formula is C14H27BN2O4. The third kappa shape index (κ3) is 5.25. The molecule has 2 aliphatic heterocycles. The van der Waals surface area contributed by atoms with E-state index in [1.54, 1.807) is 0 Å². The molecule has 0 aromatic heterocycles. The number of nitrogens with zero attached hydrogens (tertiary/aromatic N) is 1. The average Bonchev–Trinajstić information content (AvgIpc) is 2.82. The molecule has 0 bridgehead atoms. The Hall–Kier alpha value is -0.625. The summed E-state index contributed by atoms with van der Waals surface area (Å²) in [4.78, 5) is 13.7. The summed E-state index contributed by atoms with van der Waals surface area (Å²) in [6.45, 7) is 4.62. The van der Waals surface area contributed by atoms with E-state index in [0.717, 1.165) is 32.6 Å². The van der Waals surface area contributed by atoms with Gasteiger partial charge in [-0.3, -0.25) is 4.79 Å². The van der Waals surface area contributed by atoms with E-state index in [-0.39, 0.29) is 11.8 Å². The van der Waals surface area contributed by atoms with Crippen molar-refractivity contribution >= 4 is 13.1 Å². The van der Waals surface area contributed by atoms with E-state index in [4.69, 9.17) is 10.0 Å². The molecule has 2 rings (SSSR count). The summed E-state index contributed by atoms with van der Waals surface area (Å²) in [5.74, 6) is -0.193. The lowest BCUT2D eigenvalue weighted by atomic mass is 9.80. The Bertz CT molecular complexity index is 337.